The zero-order valence-corrected chi connectivity index (χ0v) is 19.3. The lowest BCUT2D eigenvalue weighted by Crippen LogP contribution is -2.44. The zero-order chi connectivity index (χ0) is 24.4. The number of aromatic nitrogens is 5. The van der Waals surface area contributed by atoms with Gasteiger partial charge in [-0.05, 0) is 47.9 Å². The first-order valence-corrected chi connectivity index (χ1v) is 11.6. The highest BCUT2D eigenvalue weighted by molar-refractivity contribution is 6.33. The highest BCUT2D eigenvalue weighted by Gasteiger charge is 2.46. The van der Waals surface area contributed by atoms with E-state index in [1.54, 1.807) is 29.2 Å². The molecule has 11 heteroatoms. The van der Waals surface area contributed by atoms with E-state index in [1.807, 2.05) is 12.3 Å². The number of pyridine rings is 2. The fraction of sp³-hybridized carbons (Fsp3) is 0.333. The number of nitrogens with two attached hydrogens (primary N) is 1. The minimum atomic E-state index is -4.66. The molecule has 1 aliphatic carbocycles. The summed E-state index contributed by atoms with van der Waals surface area (Å²) in [6.45, 7) is 1.52. The first kappa shape index (κ1) is 22.2. The Morgan fingerprint density at radius 2 is 1.83 bits per heavy atom. The summed E-state index contributed by atoms with van der Waals surface area (Å²) in [5, 5.41) is -0.477. The highest BCUT2D eigenvalue weighted by atomic mass is 35.5. The van der Waals surface area contributed by atoms with Crippen LogP contribution in [0, 0.1) is 5.41 Å². The van der Waals surface area contributed by atoms with Gasteiger partial charge in [0.2, 0.25) is 0 Å². The number of alkyl halides is 3. The molecule has 4 aromatic heterocycles. The number of piperidine rings is 1. The average Bonchev–Trinajstić information content (AvgIpc) is 3.39. The zero-order valence-electron chi connectivity index (χ0n) is 18.5. The van der Waals surface area contributed by atoms with Crippen molar-refractivity contribution in [3.8, 4) is 11.4 Å². The quantitative estimate of drug-likeness (QED) is 0.430. The van der Waals surface area contributed by atoms with Crippen molar-refractivity contribution in [1.29, 1.82) is 0 Å². The second-order valence-corrected chi connectivity index (χ2v) is 9.56. The van der Waals surface area contributed by atoms with Crippen molar-refractivity contribution < 1.29 is 13.2 Å². The van der Waals surface area contributed by atoms with Gasteiger partial charge in [0.15, 0.2) is 11.5 Å². The van der Waals surface area contributed by atoms with Crippen molar-refractivity contribution in [1.82, 2.24) is 24.3 Å². The number of hydrogen-bond acceptors (Lipinski definition) is 6. The van der Waals surface area contributed by atoms with Crippen LogP contribution >= 0.6 is 11.6 Å². The molecule has 1 fully saturated rings. The second kappa shape index (κ2) is 7.89. The molecule has 6 rings (SSSR count). The van der Waals surface area contributed by atoms with Gasteiger partial charge in [0, 0.05) is 55.7 Å². The Balaban J connectivity index is 1.31. The minimum absolute atomic E-state index is 0.00308. The molecule has 0 saturated carbocycles. The Morgan fingerprint density at radius 3 is 2.57 bits per heavy atom. The Labute approximate surface area is 203 Å². The van der Waals surface area contributed by atoms with Crippen molar-refractivity contribution in [3.63, 3.8) is 0 Å². The monoisotopic (exact) mass is 499 g/mol. The van der Waals surface area contributed by atoms with Crippen LogP contribution in [0.15, 0.2) is 49.3 Å². The van der Waals surface area contributed by atoms with Crippen molar-refractivity contribution in [2.24, 2.45) is 11.1 Å². The normalized spacial score (nSPS) is 19.5. The number of fused-ring (bicyclic) bond motifs is 2. The lowest BCUT2D eigenvalue weighted by molar-refractivity contribution is -0.141. The number of anilines is 1. The van der Waals surface area contributed by atoms with Crippen LogP contribution in [0.4, 0.5) is 19.0 Å². The van der Waals surface area contributed by atoms with E-state index in [9.17, 15) is 13.2 Å². The van der Waals surface area contributed by atoms with Gasteiger partial charge in [-0.1, -0.05) is 11.6 Å². The summed E-state index contributed by atoms with van der Waals surface area (Å²) in [7, 11) is 0. The molecule has 1 saturated heterocycles. The molecule has 4 aromatic rings. The fourth-order valence-electron chi connectivity index (χ4n) is 5.53. The summed E-state index contributed by atoms with van der Waals surface area (Å²) >= 11 is 6.12. The van der Waals surface area contributed by atoms with Crippen LogP contribution in [0.25, 0.3) is 16.9 Å². The molecule has 1 aliphatic heterocycles. The van der Waals surface area contributed by atoms with Crippen molar-refractivity contribution in [3.05, 3.63) is 71.2 Å². The van der Waals surface area contributed by atoms with Crippen molar-refractivity contribution in [2.45, 2.75) is 31.5 Å². The third-order valence-corrected chi connectivity index (χ3v) is 7.76. The van der Waals surface area contributed by atoms with E-state index >= 15 is 0 Å². The molecule has 1 spiro atoms. The summed E-state index contributed by atoms with van der Waals surface area (Å²) in [6.07, 6.45) is 7.78. The molecule has 5 heterocycles. The molecular formula is C24H21ClF3N7. The van der Waals surface area contributed by atoms with Gasteiger partial charge in [0.1, 0.15) is 11.3 Å². The lowest BCUT2D eigenvalue weighted by Gasteiger charge is -2.42. The smallest absolute Gasteiger partial charge is 0.355 e. The molecule has 1 unspecified atom stereocenters. The van der Waals surface area contributed by atoms with E-state index in [2.05, 4.69) is 24.8 Å². The maximum atomic E-state index is 13.3. The third kappa shape index (κ3) is 3.46. The third-order valence-electron chi connectivity index (χ3n) is 7.37. The number of imidazole rings is 1. The Morgan fingerprint density at radius 1 is 1.03 bits per heavy atom. The van der Waals surface area contributed by atoms with Gasteiger partial charge in [-0.2, -0.15) is 13.2 Å². The van der Waals surface area contributed by atoms with Crippen LogP contribution in [-0.4, -0.2) is 37.4 Å². The van der Waals surface area contributed by atoms with E-state index in [4.69, 9.17) is 17.3 Å². The van der Waals surface area contributed by atoms with Gasteiger partial charge in [-0.15, -0.1) is 0 Å². The molecule has 1 atom stereocenters. The van der Waals surface area contributed by atoms with Crippen LogP contribution in [-0.2, 0) is 12.6 Å². The molecule has 180 valence electrons. The molecule has 0 radical (unpaired) electrons. The van der Waals surface area contributed by atoms with Crippen LogP contribution in [0.3, 0.4) is 0 Å². The Bertz CT molecular complexity index is 1430. The van der Waals surface area contributed by atoms with Gasteiger partial charge in [-0.3, -0.25) is 14.4 Å². The van der Waals surface area contributed by atoms with E-state index < -0.39 is 16.9 Å². The molecule has 7 nitrogen and oxygen atoms in total. The predicted molar refractivity (Wildman–Crippen MR) is 125 cm³/mol. The van der Waals surface area contributed by atoms with Gasteiger partial charge < -0.3 is 10.6 Å². The van der Waals surface area contributed by atoms with E-state index in [0.29, 0.717) is 11.3 Å². The molecular weight excluding hydrogens is 479 g/mol. The summed E-state index contributed by atoms with van der Waals surface area (Å²) in [5.74, 6) is 1.03. The molecule has 0 aromatic carbocycles. The second-order valence-electron chi connectivity index (χ2n) is 9.19. The number of hydrogen-bond donors (Lipinski definition) is 1. The van der Waals surface area contributed by atoms with E-state index in [1.165, 1.54) is 17.2 Å². The SMILES string of the molecule is NC1c2ccncc2CC12CCN(c1nccn3c(-c4ccnc(C(F)(F)F)c4Cl)ncc13)CC2. The van der Waals surface area contributed by atoms with Crippen LogP contribution in [0.5, 0.6) is 0 Å². The summed E-state index contributed by atoms with van der Waals surface area (Å²) < 4.78 is 41.7. The maximum absolute atomic E-state index is 13.3. The van der Waals surface area contributed by atoms with Crippen molar-refractivity contribution >= 4 is 22.9 Å². The standard InChI is InChI=1S/C24H21ClF3N7/c25-18-16(2-6-31-20(18)24(26,27)28)21-33-13-17-22(32-7-10-35(17)21)34-8-3-23(4-9-34)11-14-12-30-5-1-15(14)19(23)29/h1-2,5-7,10,12-13,19H,3-4,8-9,11,29H2. The average molecular weight is 500 g/mol. The van der Waals surface area contributed by atoms with E-state index in [0.717, 1.165) is 44.4 Å². The molecule has 35 heavy (non-hydrogen) atoms. The first-order chi connectivity index (χ1) is 16.8. The van der Waals surface area contributed by atoms with Crippen LogP contribution in [0.1, 0.15) is 35.7 Å². The summed E-state index contributed by atoms with van der Waals surface area (Å²) in [6, 6.07) is 3.43. The summed E-state index contributed by atoms with van der Waals surface area (Å²) in [4.78, 5) is 18.9. The number of rotatable bonds is 2. The van der Waals surface area contributed by atoms with Gasteiger partial charge in [0.25, 0.3) is 0 Å². The maximum Gasteiger partial charge on any atom is 0.434 e. The van der Waals surface area contributed by atoms with E-state index in [-0.39, 0.29) is 17.0 Å². The first-order valence-electron chi connectivity index (χ1n) is 11.3. The largest absolute Gasteiger partial charge is 0.434 e. The van der Waals surface area contributed by atoms with Gasteiger partial charge >= 0.3 is 6.18 Å². The van der Waals surface area contributed by atoms with Crippen LogP contribution in [0.2, 0.25) is 5.02 Å². The highest BCUT2D eigenvalue weighted by Crippen LogP contribution is 2.51. The molecule has 0 bridgehead atoms. The fourth-order valence-corrected chi connectivity index (χ4v) is 5.83. The van der Waals surface area contributed by atoms with Crippen LogP contribution < -0.4 is 10.6 Å². The topological polar surface area (TPSA) is 85.2 Å². The van der Waals surface area contributed by atoms with Gasteiger partial charge in [-0.25, -0.2) is 9.97 Å². The lowest BCUT2D eigenvalue weighted by atomic mass is 9.73. The molecule has 2 N–H and O–H groups in total. The molecule has 2 aliphatic rings. The predicted octanol–water partition coefficient (Wildman–Crippen LogP) is 4.70. The molecule has 0 amide bonds. The minimum Gasteiger partial charge on any atom is -0.355 e. The number of halogens is 4. The Hall–Kier alpha value is -3.24. The van der Waals surface area contributed by atoms with Gasteiger partial charge in [0.05, 0.1) is 11.2 Å². The van der Waals surface area contributed by atoms with Crippen molar-refractivity contribution in [2.75, 3.05) is 18.0 Å². The number of nitrogens with zero attached hydrogens (tertiary/aromatic N) is 6. The Kier molecular flexibility index (Phi) is 5.01. The summed E-state index contributed by atoms with van der Waals surface area (Å²) in [5.41, 5.74) is 8.81.